The zero-order valence-electron chi connectivity index (χ0n) is 7.64. The number of hydrogen-bond donors (Lipinski definition) is 1. The fourth-order valence-electron chi connectivity index (χ4n) is 1.37. The lowest BCUT2D eigenvalue weighted by Crippen LogP contribution is -1.83. The first-order valence-corrected chi connectivity index (χ1v) is 5.06. The van der Waals surface area contributed by atoms with E-state index >= 15 is 0 Å². The molecule has 0 fully saturated rings. The molecule has 0 unspecified atom stereocenters. The van der Waals surface area contributed by atoms with Gasteiger partial charge in [-0.05, 0) is 36.8 Å². The van der Waals surface area contributed by atoms with Crippen molar-refractivity contribution in [2.75, 3.05) is 0 Å². The summed E-state index contributed by atoms with van der Waals surface area (Å²) in [5.74, 6) is -0.221. The molecule has 0 spiro atoms. The number of aryl methyl sites for hydroxylation is 1. The van der Waals surface area contributed by atoms with Crippen LogP contribution in [0.2, 0.25) is 0 Å². The Bertz CT molecular complexity index is 462. The molecular weight excluding hydrogens is 245 g/mol. The summed E-state index contributed by atoms with van der Waals surface area (Å²) in [4.78, 5) is 3.03. The van der Waals surface area contributed by atoms with Crippen molar-refractivity contribution in [2.24, 2.45) is 0 Å². The van der Waals surface area contributed by atoms with Crippen molar-refractivity contribution < 1.29 is 4.39 Å². The molecule has 0 bridgehead atoms. The van der Waals surface area contributed by atoms with Crippen LogP contribution in [-0.4, -0.2) is 4.98 Å². The van der Waals surface area contributed by atoms with E-state index in [1.165, 1.54) is 6.07 Å². The predicted molar refractivity (Wildman–Crippen MR) is 58.6 cm³/mol. The molecule has 14 heavy (non-hydrogen) atoms. The van der Waals surface area contributed by atoms with E-state index in [0.717, 1.165) is 15.7 Å². The second-order valence-electron chi connectivity index (χ2n) is 3.21. The SMILES string of the molecule is Cc1c[nH]c(-c2ccc(Br)cc2F)c1. The van der Waals surface area contributed by atoms with Gasteiger partial charge in [0.05, 0.1) is 0 Å². The first kappa shape index (κ1) is 9.46. The predicted octanol–water partition coefficient (Wildman–Crippen LogP) is 3.89. The molecule has 0 aliphatic carbocycles. The summed E-state index contributed by atoms with van der Waals surface area (Å²) >= 11 is 3.22. The molecule has 2 rings (SSSR count). The van der Waals surface area contributed by atoms with Gasteiger partial charge in [0.2, 0.25) is 0 Å². The molecule has 72 valence electrons. The molecule has 0 saturated heterocycles. The summed E-state index contributed by atoms with van der Waals surface area (Å²) < 4.78 is 14.2. The van der Waals surface area contributed by atoms with Gasteiger partial charge in [-0.15, -0.1) is 0 Å². The zero-order chi connectivity index (χ0) is 10.1. The number of aromatic amines is 1. The minimum Gasteiger partial charge on any atom is -0.361 e. The van der Waals surface area contributed by atoms with Gasteiger partial charge < -0.3 is 4.98 Å². The van der Waals surface area contributed by atoms with E-state index in [0.29, 0.717) is 5.56 Å². The summed E-state index contributed by atoms with van der Waals surface area (Å²) in [5.41, 5.74) is 2.51. The summed E-state index contributed by atoms with van der Waals surface area (Å²) in [5, 5.41) is 0. The van der Waals surface area contributed by atoms with Crippen molar-refractivity contribution in [3.05, 3.63) is 46.3 Å². The third kappa shape index (κ3) is 1.73. The second kappa shape index (κ2) is 3.58. The van der Waals surface area contributed by atoms with E-state index in [2.05, 4.69) is 20.9 Å². The van der Waals surface area contributed by atoms with Gasteiger partial charge in [-0.2, -0.15) is 0 Å². The third-order valence-electron chi connectivity index (χ3n) is 2.05. The molecule has 0 aliphatic heterocycles. The van der Waals surface area contributed by atoms with Crippen LogP contribution < -0.4 is 0 Å². The molecule has 0 aliphatic rings. The van der Waals surface area contributed by atoms with E-state index < -0.39 is 0 Å². The van der Waals surface area contributed by atoms with Crippen LogP contribution in [0.15, 0.2) is 34.9 Å². The van der Waals surface area contributed by atoms with Crippen LogP contribution in [0.3, 0.4) is 0 Å². The number of aromatic nitrogens is 1. The number of nitrogens with one attached hydrogen (secondary N) is 1. The third-order valence-corrected chi connectivity index (χ3v) is 2.54. The van der Waals surface area contributed by atoms with Crippen molar-refractivity contribution >= 4 is 15.9 Å². The molecular formula is C11H9BrFN. The Morgan fingerprint density at radius 1 is 1.29 bits per heavy atom. The Morgan fingerprint density at radius 3 is 2.64 bits per heavy atom. The number of halogens is 2. The standard InChI is InChI=1S/C11H9BrFN/c1-7-4-11(14-6-7)9-3-2-8(12)5-10(9)13/h2-6,14H,1H3. The van der Waals surface area contributed by atoms with Crippen LogP contribution in [0.25, 0.3) is 11.3 Å². The Morgan fingerprint density at radius 2 is 2.07 bits per heavy atom. The molecule has 1 aromatic carbocycles. The quantitative estimate of drug-likeness (QED) is 0.794. The molecule has 1 heterocycles. The van der Waals surface area contributed by atoms with E-state index in [1.54, 1.807) is 6.07 Å². The Labute approximate surface area is 90.1 Å². The Balaban J connectivity index is 2.52. The van der Waals surface area contributed by atoms with E-state index in [-0.39, 0.29) is 5.82 Å². The fraction of sp³-hybridized carbons (Fsp3) is 0.0909. The van der Waals surface area contributed by atoms with Gasteiger partial charge in [0.25, 0.3) is 0 Å². The number of rotatable bonds is 1. The lowest BCUT2D eigenvalue weighted by molar-refractivity contribution is 0.630. The van der Waals surface area contributed by atoms with Crippen LogP contribution in [-0.2, 0) is 0 Å². The number of H-pyrrole nitrogens is 1. The van der Waals surface area contributed by atoms with Crippen LogP contribution in [0.4, 0.5) is 4.39 Å². The van der Waals surface area contributed by atoms with E-state index in [4.69, 9.17) is 0 Å². The molecule has 1 aromatic heterocycles. The van der Waals surface area contributed by atoms with Gasteiger partial charge in [0.1, 0.15) is 5.82 Å². The molecule has 3 heteroatoms. The largest absolute Gasteiger partial charge is 0.361 e. The first-order valence-electron chi connectivity index (χ1n) is 4.27. The van der Waals surface area contributed by atoms with Crippen molar-refractivity contribution in [3.63, 3.8) is 0 Å². The van der Waals surface area contributed by atoms with E-state index in [9.17, 15) is 4.39 Å². The summed E-state index contributed by atoms with van der Waals surface area (Å²) in [7, 11) is 0. The molecule has 1 N–H and O–H groups in total. The molecule has 0 atom stereocenters. The van der Waals surface area contributed by atoms with Gasteiger partial charge in [0.15, 0.2) is 0 Å². The molecule has 0 amide bonds. The first-order chi connectivity index (χ1) is 6.66. The van der Waals surface area contributed by atoms with Gasteiger partial charge in [0, 0.05) is 21.9 Å². The minimum absolute atomic E-state index is 0.221. The van der Waals surface area contributed by atoms with Crippen molar-refractivity contribution in [2.45, 2.75) is 6.92 Å². The van der Waals surface area contributed by atoms with Crippen molar-refractivity contribution in [3.8, 4) is 11.3 Å². The highest BCUT2D eigenvalue weighted by molar-refractivity contribution is 9.10. The van der Waals surface area contributed by atoms with Crippen LogP contribution in [0.5, 0.6) is 0 Å². The highest BCUT2D eigenvalue weighted by atomic mass is 79.9. The summed E-state index contributed by atoms with van der Waals surface area (Å²) in [6.45, 7) is 1.97. The molecule has 1 nitrogen and oxygen atoms in total. The second-order valence-corrected chi connectivity index (χ2v) is 4.13. The van der Waals surface area contributed by atoms with Gasteiger partial charge in [-0.3, -0.25) is 0 Å². The average molecular weight is 254 g/mol. The number of hydrogen-bond acceptors (Lipinski definition) is 0. The lowest BCUT2D eigenvalue weighted by Gasteiger charge is -2.00. The molecule has 2 aromatic rings. The summed E-state index contributed by atoms with van der Waals surface area (Å²) in [6.07, 6.45) is 1.86. The zero-order valence-corrected chi connectivity index (χ0v) is 9.23. The normalized spacial score (nSPS) is 10.5. The topological polar surface area (TPSA) is 15.8 Å². The fourth-order valence-corrected chi connectivity index (χ4v) is 1.70. The maximum atomic E-state index is 13.5. The highest BCUT2D eigenvalue weighted by Crippen LogP contribution is 2.24. The maximum absolute atomic E-state index is 13.5. The van der Waals surface area contributed by atoms with Crippen molar-refractivity contribution in [1.29, 1.82) is 0 Å². The molecule has 0 saturated carbocycles. The van der Waals surface area contributed by atoms with E-state index in [1.807, 2.05) is 25.3 Å². The van der Waals surface area contributed by atoms with Gasteiger partial charge in [-0.25, -0.2) is 4.39 Å². The van der Waals surface area contributed by atoms with Crippen LogP contribution in [0, 0.1) is 12.7 Å². The van der Waals surface area contributed by atoms with Crippen LogP contribution >= 0.6 is 15.9 Å². The highest BCUT2D eigenvalue weighted by Gasteiger charge is 2.06. The number of benzene rings is 1. The molecule has 0 radical (unpaired) electrons. The lowest BCUT2D eigenvalue weighted by atomic mass is 10.1. The van der Waals surface area contributed by atoms with Crippen molar-refractivity contribution in [1.82, 2.24) is 4.98 Å². The van der Waals surface area contributed by atoms with Crippen LogP contribution in [0.1, 0.15) is 5.56 Å². The Hall–Kier alpha value is -1.09. The summed E-state index contributed by atoms with van der Waals surface area (Å²) in [6, 6.07) is 6.97. The maximum Gasteiger partial charge on any atom is 0.133 e. The van der Waals surface area contributed by atoms with Gasteiger partial charge in [-0.1, -0.05) is 15.9 Å². The monoisotopic (exact) mass is 253 g/mol. The van der Waals surface area contributed by atoms with Gasteiger partial charge >= 0.3 is 0 Å². The smallest absolute Gasteiger partial charge is 0.133 e. The average Bonchev–Trinajstić information content (AvgIpc) is 2.51. The Kier molecular flexibility index (Phi) is 2.42. The minimum atomic E-state index is -0.221.